The van der Waals surface area contributed by atoms with Gasteiger partial charge in [-0.3, -0.25) is 9.69 Å². The van der Waals surface area contributed by atoms with Gasteiger partial charge in [0.1, 0.15) is 5.75 Å². The second-order valence-corrected chi connectivity index (χ2v) is 7.53. The molecule has 1 aromatic carbocycles. The third-order valence-electron chi connectivity index (χ3n) is 3.54. The first kappa shape index (κ1) is 16.8. The predicted octanol–water partition coefficient (Wildman–Crippen LogP) is 4.69. The van der Waals surface area contributed by atoms with E-state index >= 15 is 0 Å². The number of methoxy groups -OCH3 is 1. The molecule has 0 unspecified atom stereocenters. The van der Waals surface area contributed by atoms with Crippen molar-refractivity contribution in [3.63, 3.8) is 0 Å². The average molecular weight is 358 g/mol. The van der Waals surface area contributed by atoms with Gasteiger partial charge in [0.25, 0.3) is 5.91 Å². The second kappa shape index (κ2) is 7.23. The highest BCUT2D eigenvalue weighted by Crippen LogP contribution is 2.35. The Balaban J connectivity index is 1.89. The van der Waals surface area contributed by atoms with Crippen molar-refractivity contribution in [1.29, 1.82) is 0 Å². The molecule has 4 nitrogen and oxygen atoms in total. The molecule has 1 aromatic heterocycles. The first-order chi connectivity index (χ1) is 11.6. The van der Waals surface area contributed by atoms with E-state index in [1.54, 1.807) is 23.3 Å². The lowest BCUT2D eigenvalue weighted by Crippen LogP contribution is -2.28. The monoisotopic (exact) mass is 358 g/mol. The molecule has 3 rings (SSSR count). The van der Waals surface area contributed by atoms with Crippen molar-refractivity contribution < 1.29 is 9.53 Å². The number of aryl methyl sites for hydroxylation is 1. The maximum atomic E-state index is 12.6. The van der Waals surface area contributed by atoms with Crippen LogP contribution < -0.4 is 4.74 Å². The number of likely N-dealkylation sites (N-methyl/N-ethyl adjacent to an activating group) is 1. The third-order valence-corrected chi connectivity index (χ3v) is 5.49. The minimum absolute atomic E-state index is 0.0146. The van der Waals surface area contributed by atoms with Gasteiger partial charge in [-0.15, -0.1) is 11.3 Å². The summed E-state index contributed by atoms with van der Waals surface area (Å²) in [7, 11) is 1.63. The summed E-state index contributed by atoms with van der Waals surface area (Å²) in [5.74, 6) is 0.802. The van der Waals surface area contributed by atoms with Gasteiger partial charge in [0.15, 0.2) is 5.17 Å². The normalized spacial score (nSPS) is 18.0. The summed E-state index contributed by atoms with van der Waals surface area (Å²) in [4.78, 5) is 22.0. The highest BCUT2D eigenvalue weighted by atomic mass is 32.2. The number of amidine groups is 1. The molecule has 1 aliphatic rings. The summed E-state index contributed by atoms with van der Waals surface area (Å²) in [6.45, 7) is 4.62. The Morgan fingerprint density at radius 3 is 2.54 bits per heavy atom. The summed E-state index contributed by atoms with van der Waals surface area (Å²) >= 11 is 3.10. The number of carbonyl (C=O) groups excluding carboxylic acids is 1. The van der Waals surface area contributed by atoms with Crippen LogP contribution in [0.3, 0.4) is 0 Å². The number of benzene rings is 1. The van der Waals surface area contributed by atoms with E-state index in [9.17, 15) is 4.79 Å². The zero-order valence-corrected chi connectivity index (χ0v) is 15.4. The molecule has 0 radical (unpaired) electrons. The van der Waals surface area contributed by atoms with Gasteiger partial charge in [-0.25, -0.2) is 4.99 Å². The van der Waals surface area contributed by atoms with Crippen molar-refractivity contribution >= 4 is 45.9 Å². The van der Waals surface area contributed by atoms with Gasteiger partial charge in [-0.2, -0.15) is 0 Å². The third kappa shape index (κ3) is 3.55. The zero-order chi connectivity index (χ0) is 17.1. The highest BCUT2D eigenvalue weighted by molar-refractivity contribution is 8.18. The second-order valence-electron chi connectivity index (χ2n) is 5.20. The van der Waals surface area contributed by atoms with Crippen LogP contribution in [0.2, 0.25) is 0 Å². The molecule has 0 bridgehead atoms. The van der Waals surface area contributed by atoms with Crippen molar-refractivity contribution in [2.75, 3.05) is 13.7 Å². The molecule has 0 saturated carbocycles. The van der Waals surface area contributed by atoms with E-state index < -0.39 is 0 Å². The molecule has 1 aliphatic heterocycles. The molecule has 1 fully saturated rings. The number of carbonyl (C=O) groups is 1. The average Bonchev–Trinajstić information content (AvgIpc) is 3.12. The number of amides is 1. The van der Waals surface area contributed by atoms with Gasteiger partial charge < -0.3 is 4.74 Å². The van der Waals surface area contributed by atoms with Gasteiger partial charge in [0.05, 0.1) is 17.7 Å². The molecular weight excluding hydrogens is 340 g/mol. The fourth-order valence-electron chi connectivity index (χ4n) is 2.30. The van der Waals surface area contributed by atoms with Gasteiger partial charge >= 0.3 is 0 Å². The van der Waals surface area contributed by atoms with Crippen LogP contribution in [-0.2, 0) is 4.79 Å². The predicted molar refractivity (Wildman–Crippen MR) is 102 cm³/mol. The van der Waals surface area contributed by atoms with Gasteiger partial charge in [0.2, 0.25) is 0 Å². The van der Waals surface area contributed by atoms with E-state index in [1.807, 2.05) is 43.3 Å². The Labute approximate surface area is 149 Å². The van der Waals surface area contributed by atoms with Gasteiger partial charge in [-0.05, 0) is 68.1 Å². The topological polar surface area (TPSA) is 41.9 Å². The van der Waals surface area contributed by atoms with E-state index in [1.165, 1.54) is 16.6 Å². The van der Waals surface area contributed by atoms with Crippen LogP contribution in [-0.4, -0.2) is 29.6 Å². The van der Waals surface area contributed by atoms with E-state index in [-0.39, 0.29) is 5.91 Å². The van der Waals surface area contributed by atoms with E-state index in [0.29, 0.717) is 16.6 Å². The Bertz CT molecular complexity index is 807. The van der Waals surface area contributed by atoms with Crippen LogP contribution in [0.25, 0.3) is 6.08 Å². The quantitative estimate of drug-likeness (QED) is 0.745. The molecule has 0 N–H and O–H groups in total. The summed E-state index contributed by atoms with van der Waals surface area (Å²) in [5, 5.41) is 0.715. The molecule has 0 atom stereocenters. The van der Waals surface area contributed by atoms with Gasteiger partial charge in [0, 0.05) is 16.3 Å². The smallest absolute Gasteiger partial charge is 0.266 e. The summed E-state index contributed by atoms with van der Waals surface area (Å²) < 4.78 is 5.16. The maximum absolute atomic E-state index is 12.6. The molecule has 124 valence electrons. The number of thiophene rings is 1. The largest absolute Gasteiger partial charge is 0.497 e. The molecule has 2 heterocycles. The fraction of sp³-hybridized carbons (Fsp3) is 0.222. The van der Waals surface area contributed by atoms with Crippen LogP contribution >= 0.6 is 23.1 Å². The molecule has 1 saturated heterocycles. The summed E-state index contributed by atoms with van der Waals surface area (Å²) in [5.41, 5.74) is 0.803. The van der Waals surface area contributed by atoms with Crippen molar-refractivity contribution in [3.05, 3.63) is 51.1 Å². The highest BCUT2D eigenvalue weighted by Gasteiger charge is 2.32. The molecule has 6 heteroatoms. The summed E-state index contributed by atoms with van der Waals surface area (Å²) in [6, 6.07) is 11.6. The Morgan fingerprint density at radius 1 is 1.21 bits per heavy atom. The van der Waals surface area contributed by atoms with E-state index in [4.69, 9.17) is 4.74 Å². The molecular formula is C18H18N2O2S2. The van der Waals surface area contributed by atoms with E-state index in [0.717, 1.165) is 16.3 Å². The van der Waals surface area contributed by atoms with Crippen molar-refractivity contribution in [3.8, 4) is 5.75 Å². The fourth-order valence-corrected chi connectivity index (χ4v) is 4.25. The van der Waals surface area contributed by atoms with Crippen molar-refractivity contribution in [2.45, 2.75) is 13.8 Å². The Kier molecular flexibility index (Phi) is 5.06. The zero-order valence-electron chi connectivity index (χ0n) is 13.8. The van der Waals surface area contributed by atoms with Crippen molar-refractivity contribution in [1.82, 2.24) is 4.90 Å². The number of hydrogen-bond acceptors (Lipinski definition) is 5. The first-order valence-corrected chi connectivity index (χ1v) is 9.24. The molecule has 2 aromatic rings. The molecule has 0 aliphatic carbocycles. The number of ether oxygens (including phenoxy) is 1. The molecule has 24 heavy (non-hydrogen) atoms. The maximum Gasteiger partial charge on any atom is 0.266 e. The van der Waals surface area contributed by atoms with Crippen molar-refractivity contribution in [2.24, 2.45) is 4.99 Å². The number of rotatable bonds is 4. The first-order valence-electron chi connectivity index (χ1n) is 7.61. The molecule has 0 spiro atoms. The van der Waals surface area contributed by atoms with Crippen LogP contribution in [0.4, 0.5) is 5.69 Å². The number of thioether (sulfide) groups is 1. The van der Waals surface area contributed by atoms with Crippen LogP contribution in [0.1, 0.15) is 16.7 Å². The Morgan fingerprint density at radius 2 is 1.96 bits per heavy atom. The standard InChI is InChI=1S/C18H18N2O2S2/c1-4-20-17(21)16(11-15-10-5-12(2)23-15)24-18(20)19-13-6-8-14(22-3)9-7-13/h5-11H,4H2,1-3H3. The summed E-state index contributed by atoms with van der Waals surface area (Å²) in [6.07, 6.45) is 1.95. The minimum Gasteiger partial charge on any atom is -0.497 e. The lowest BCUT2D eigenvalue weighted by atomic mass is 10.3. The number of aliphatic imine (C=N–C) groups is 1. The minimum atomic E-state index is 0.0146. The number of nitrogens with zero attached hydrogens (tertiary/aromatic N) is 2. The van der Waals surface area contributed by atoms with E-state index in [2.05, 4.69) is 18.0 Å². The van der Waals surface area contributed by atoms with Gasteiger partial charge in [-0.1, -0.05) is 0 Å². The SMILES string of the molecule is CCN1C(=O)C(=Cc2ccc(C)s2)SC1=Nc1ccc(OC)cc1. The Hall–Kier alpha value is -2.05. The molecule has 1 amide bonds. The van der Waals surface area contributed by atoms with Crippen LogP contribution in [0.5, 0.6) is 5.75 Å². The lowest BCUT2D eigenvalue weighted by molar-refractivity contribution is -0.122. The van der Waals surface area contributed by atoms with Crippen LogP contribution in [0.15, 0.2) is 46.3 Å². The van der Waals surface area contributed by atoms with Crippen LogP contribution in [0, 0.1) is 6.92 Å². The number of hydrogen-bond donors (Lipinski definition) is 0. The lowest BCUT2D eigenvalue weighted by Gasteiger charge is -2.12.